The monoisotopic (exact) mass is 331 g/mol. The number of hydrogen-bond acceptors (Lipinski definition) is 6. The quantitative estimate of drug-likeness (QED) is 0.782. The number of piperidine rings is 1. The maximum Gasteiger partial charge on any atom is 0.132 e. The van der Waals surface area contributed by atoms with Gasteiger partial charge in [-0.05, 0) is 31.7 Å². The van der Waals surface area contributed by atoms with Crippen molar-refractivity contribution in [1.82, 2.24) is 19.8 Å². The summed E-state index contributed by atoms with van der Waals surface area (Å²) >= 11 is 0. The van der Waals surface area contributed by atoms with E-state index < -0.39 is 0 Å². The third kappa shape index (κ3) is 4.05. The largest absolute Gasteiger partial charge is 0.379 e. The third-order valence-corrected chi connectivity index (χ3v) is 5.56. The molecule has 1 aromatic heterocycles. The maximum atomic E-state index is 5.43. The van der Waals surface area contributed by atoms with Crippen LogP contribution in [0.3, 0.4) is 0 Å². The topological polar surface area (TPSA) is 44.7 Å². The predicted molar refractivity (Wildman–Crippen MR) is 94.3 cm³/mol. The first-order valence-corrected chi connectivity index (χ1v) is 9.47. The summed E-state index contributed by atoms with van der Waals surface area (Å²) in [6, 6.07) is 3.43. The normalized spacial score (nSPS) is 24.2. The van der Waals surface area contributed by atoms with E-state index in [2.05, 4.69) is 30.7 Å². The summed E-state index contributed by atoms with van der Waals surface area (Å²) < 4.78 is 5.43. The highest BCUT2D eigenvalue weighted by atomic mass is 16.5. The summed E-state index contributed by atoms with van der Waals surface area (Å²) in [7, 11) is 0. The highest BCUT2D eigenvalue weighted by Gasteiger charge is 2.36. The first-order valence-electron chi connectivity index (χ1n) is 9.47. The summed E-state index contributed by atoms with van der Waals surface area (Å²) in [4.78, 5) is 16.3. The van der Waals surface area contributed by atoms with Crippen molar-refractivity contribution >= 4 is 5.82 Å². The Balaban J connectivity index is 1.27. The average Bonchev–Trinajstić information content (AvgIpc) is 3.48. The first-order chi connectivity index (χ1) is 11.9. The fourth-order valence-corrected chi connectivity index (χ4v) is 3.99. The number of likely N-dealkylation sites (tertiary alicyclic amines) is 1. The molecule has 0 aromatic carbocycles. The van der Waals surface area contributed by atoms with Crippen LogP contribution >= 0.6 is 0 Å². The van der Waals surface area contributed by atoms with E-state index in [0.29, 0.717) is 12.1 Å². The maximum absolute atomic E-state index is 5.43. The number of rotatable bonds is 6. The molecule has 1 aromatic rings. The highest BCUT2D eigenvalue weighted by molar-refractivity contribution is 5.41. The zero-order valence-corrected chi connectivity index (χ0v) is 14.5. The SMILES string of the molecule is c1cc(N(C2CC2)C2CCN(CCN3CCOCC3)CC2)ncn1. The zero-order valence-electron chi connectivity index (χ0n) is 14.5. The van der Waals surface area contributed by atoms with E-state index in [9.17, 15) is 0 Å². The number of anilines is 1. The average molecular weight is 331 g/mol. The molecule has 132 valence electrons. The molecule has 6 heteroatoms. The predicted octanol–water partition coefficient (Wildman–Crippen LogP) is 1.24. The molecule has 2 aliphatic heterocycles. The molecule has 0 N–H and O–H groups in total. The van der Waals surface area contributed by atoms with Crippen LogP contribution in [-0.4, -0.2) is 84.3 Å². The number of hydrogen-bond donors (Lipinski definition) is 0. The molecule has 0 unspecified atom stereocenters. The van der Waals surface area contributed by atoms with E-state index in [1.54, 1.807) is 6.33 Å². The standard InChI is InChI=1S/C18H29N5O/c1-2-16(1)23(18-3-6-19-15-20-18)17-4-7-21(8-5-17)9-10-22-11-13-24-14-12-22/h3,6,15-17H,1-2,4-5,7-14H2. The molecule has 3 heterocycles. The van der Waals surface area contributed by atoms with Gasteiger partial charge < -0.3 is 14.5 Å². The molecule has 0 bridgehead atoms. The fourth-order valence-electron chi connectivity index (χ4n) is 3.99. The van der Waals surface area contributed by atoms with Crippen molar-refractivity contribution in [2.24, 2.45) is 0 Å². The lowest BCUT2D eigenvalue weighted by Crippen LogP contribution is -2.48. The van der Waals surface area contributed by atoms with Gasteiger partial charge in [-0.15, -0.1) is 0 Å². The Hall–Kier alpha value is -1.24. The van der Waals surface area contributed by atoms with Gasteiger partial charge in [0.25, 0.3) is 0 Å². The minimum Gasteiger partial charge on any atom is -0.379 e. The first kappa shape index (κ1) is 16.2. The molecule has 3 aliphatic rings. The molecule has 0 atom stereocenters. The summed E-state index contributed by atoms with van der Waals surface area (Å²) in [5.74, 6) is 1.12. The van der Waals surface area contributed by atoms with E-state index >= 15 is 0 Å². The molecule has 0 amide bonds. The molecule has 0 spiro atoms. The number of ether oxygens (including phenoxy) is 1. The highest BCUT2D eigenvalue weighted by Crippen LogP contribution is 2.34. The van der Waals surface area contributed by atoms with E-state index in [1.807, 2.05) is 6.20 Å². The van der Waals surface area contributed by atoms with E-state index in [0.717, 1.165) is 32.1 Å². The molecule has 4 rings (SSSR count). The van der Waals surface area contributed by atoms with Gasteiger partial charge in [0.2, 0.25) is 0 Å². The Kier molecular flexibility index (Phi) is 5.25. The van der Waals surface area contributed by atoms with Gasteiger partial charge in [0.1, 0.15) is 12.1 Å². The summed E-state index contributed by atoms with van der Waals surface area (Å²) in [6.07, 6.45) is 8.70. The van der Waals surface area contributed by atoms with Crippen molar-refractivity contribution < 1.29 is 4.74 Å². The second-order valence-corrected chi connectivity index (χ2v) is 7.23. The van der Waals surface area contributed by atoms with Gasteiger partial charge >= 0.3 is 0 Å². The van der Waals surface area contributed by atoms with Crippen molar-refractivity contribution in [3.63, 3.8) is 0 Å². The molecule has 3 fully saturated rings. The lowest BCUT2D eigenvalue weighted by atomic mass is 10.0. The van der Waals surface area contributed by atoms with Crippen LogP contribution in [0.25, 0.3) is 0 Å². The van der Waals surface area contributed by atoms with Gasteiger partial charge in [0.15, 0.2) is 0 Å². The lowest BCUT2D eigenvalue weighted by molar-refractivity contribution is 0.0320. The van der Waals surface area contributed by atoms with Crippen LogP contribution in [-0.2, 0) is 4.74 Å². The smallest absolute Gasteiger partial charge is 0.132 e. The zero-order chi connectivity index (χ0) is 16.2. The van der Waals surface area contributed by atoms with Crippen molar-refractivity contribution in [2.45, 2.75) is 37.8 Å². The Labute approximate surface area is 144 Å². The number of nitrogens with zero attached hydrogens (tertiary/aromatic N) is 5. The lowest BCUT2D eigenvalue weighted by Gasteiger charge is -2.40. The van der Waals surface area contributed by atoms with Gasteiger partial charge in [-0.2, -0.15) is 0 Å². The van der Waals surface area contributed by atoms with E-state index in [4.69, 9.17) is 4.74 Å². The van der Waals surface area contributed by atoms with Gasteiger partial charge in [-0.3, -0.25) is 4.90 Å². The molecular formula is C18H29N5O. The number of morpholine rings is 1. The van der Waals surface area contributed by atoms with Crippen molar-refractivity contribution in [3.05, 3.63) is 18.6 Å². The van der Waals surface area contributed by atoms with Crippen LogP contribution in [0.5, 0.6) is 0 Å². The fraction of sp³-hybridized carbons (Fsp3) is 0.778. The molecular weight excluding hydrogens is 302 g/mol. The minimum atomic E-state index is 0.645. The van der Waals surface area contributed by atoms with E-state index in [1.165, 1.54) is 51.9 Å². The van der Waals surface area contributed by atoms with Crippen LogP contribution in [0.1, 0.15) is 25.7 Å². The van der Waals surface area contributed by atoms with Gasteiger partial charge in [0, 0.05) is 57.5 Å². The van der Waals surface area contributed by atoms with Gasteiger partial charge in [0.05, 0.1) is 13.2 Å². The summed E-state index contributed by atoms with van der Waals surface area (Å²) in [5, 5.41) is 0. The Bertz CT molecular complexity index is 495. The number of aromatic nitrogens is 2. The molecule has 1 saturated carbocycles. The van der Waals surface area contributed by atoms with Gasteiger partial charge in [-0.25, -0.2) is 9.97 Å². The van der Waals surface area contributed by atoms with Crippen molar-refractivity contribution in [3.8, 4) is 0 Å². The molecule has 2 saturated heterocycles. The Morgan fingerprint density at radius 1 is 0.958 bits per heavy atom. The molecule has 6 nitrogen and oxygen atoms in total. The van der Waals surface area contributed by atoms with Crippen LogP contribution in [0, 0.1) is 0 Å². The van der Waals surface area contributed by atoms with Crippen molar-refractivity contribution in [1.29, 1.82) is 0 Å². The van der Waals surface area contributed by atoms with Crippen LogP contribution in [0.15, 0.2) is 18.6 Å². The Morgan fingerprint density at radius 2 is 1.62 bits per heavy atom. The minimum absolute atomic E-state index is 0.645. The molecule has 1 aliphatic carbocycles. The van der Waals surface area contributed by atoms with Gasteiger partial charge in [-0.1, -0.05) is 0 Å². The van der Waals surface area contributed by atoms with Crippen molar-refractivity contribution in [2.75, 3.05) is 57.4 Å². The second kappa shape index (κ2) is 7.76. The Morgan fingerprint density at radius 3 is 2.25 bits per heavy atom. The summed E-state index contributed by atoms with van der Waals surface area (Å²) in [6.45, 7) is 8.80. The molecule has 24 heavy (non-hydrogen) atoms. The van der Waals surface area contributed by atoms with E-state index in [-0.39, 0.29) is 0 Å². The second-order valence-electron chi connectivity index (χ2n) is 7.23. The van der Waals surface area contributed by atoms with Crippen LogP contribution in [0.4, 0.5) is 5.82 Å². The summed E-state index contributed by atoms with van der Waals surface area (Å²) in [5.41, 5.74) is 0. The van der Waals surface area contributed by atoms with Crippen LogP contribution in [0.2, 0.25) is 0 Å². The third-order valence-electron chi connectivity index (χ3n) is 5.56. The molecule has 0 radical (unpaired) electrons. The van der Waals surface area contributed by atoms with Crippen LogP contribution < -0.4 is 4.90 Å².